The van der Waals surface area contributed by atoms with Gasteiger partial charge in [0.05, 0.1) is 12.0 Å². The summed E-state index contributed by atoms with van der Waals surface area (Å²) in [4.78, 5) is 26.5. The summed E-state index contributed by atoms with van der Waals surface area (Å²) in [5.41, 5.74) is 1.32. The normalized spacial score (nSPS) is 18.1. The smallest absolute Gasteiger partial charge is 0.406 e. The first-order valence-electron chi connectivity index (χ1n) is 8.74. The Hall–Kier alpha value is -3.03. The van der Waals surface area contributed by atoms with Crippen molar-refractivity contribution in [2.45, 2.75) is 25.7 Å². The molecule has 2 amide bonds. The van der Waals surface area contributed by atoms with Gasteiger partial charge in [0.15, 0.2) is 0 Å². The molecule has 1 fully saturated rings. The van der Waals surface area contributed by atoms with E-state index in [9.17, 15) is 22.8 Å². The minimum absolute atomic E-state index is 0.0955. The van der Waals surface area contributed by atoms with Crippen LogP contribution in [0.5, 0.6) is 5.75 Å². The third-order valence-corrected chi connectivity index (χ3v) is 4.63. The highest BCUT2D eigenvalue weighted by molar-refractivity contribution is 5.97. The fourth-order valence-corrected chi connectivity index (χ4v) is 3.18. The topological polar surface area (TPSA) is 58.6 Å². The highest BCUT2D eigenvalue weighted by atomic mass is 19.4. The van der Waals surface area contributed by atoms with Crippen molar-refractivity contribution in [3.8, 4) is 5.75 Å². The van der Waals surface area contributed by atoms with Gasteiger partial charge in [-0.3, -0.25) is 9.59 Å². The molecule has 2 aromatic rings. The maximum Gasteiger partial charge on any atom is 0.573 e. The van der Waals surface area contributed by atoms with Crippen LogP contribution in [0, 0.1) is 5.92 Å². The molecule has 1 aliphatic heterocycles. The first-order chi connectivity index (χ1) is 13.2. The van der Waals surface area contributed by atoms with Gasteiger partial charge in [-0.1, -0.05) is 30.3 Å². The Balaban J connectivity index is 1.60. The minimum atomic E-state index is -4.77. The van der Waals surface area contributed by atoms with E-state index >= 15 is 0 Å². The first kappa shape index (κ1) is 19.7. The van der Waals surface area contributed by atoms with Crippen LogP contribution in [-0.4, -0.2) is 29.6 Å². The molecule has 2 atom stereocenters. The summed E-state index contributed by atoms with van der Waals surface area (Å²) < 4.78 is 40.4. The van der Waals surface area contributed by atoms with Gasteiger partial charge in [-0.25, -0.2) is 0 Å². The number of anilines is 1. The van der Waals surface area contributed by atoms with Crippen molar-refractivity contribution >= 4 is 17.5 Å². The molecule has 1 saturated heterocycles. The Kier molecular flexibility index (Phi) is 5.58. The number of likely N-dealkylation sites (tertiary alicyclic amines) is 1. The van der Waals surface area contributed by atoms with E-state index in [1.54, 1.807) is 4.90 Å². The number of amides is 2. The Labute approximate surface area is 160 Å². The largest absolute Gasteiger partial charge is 0.573 e. The second-order valence-electron chi connectivity index (χ2n) is 6.60. The first-order valence-corrected chi connectivity index (χ1v) is 8.74. The molecule has 0 spiro atoms. The van der Waals surface area contributed by atoms with Crippen LogP contribution >= 0.6 is 0 Å². The number of hydrogen-bond donors (Lipinski definition) is 1. The highest BCUT2D eigenvalue weighted by Gasteiger charge is 2.37. The number of ether oxygens (including phenoxy) is 1. The molecule has 1 heterocycles. The van der Waals surface area contributed by atoms with Gasteiger partial charge in [0.2, 0.25) is 11.8 Å². The lowest BCUT2D eigenvalue weighted by Gasteiger charge is -2.25. The fourth-order valence-electron chi connectivity index (χ4n) is 3.18. The highest BCUT2D eigenvalue weighted by Crippen LogP contribution is 2.29. The maximum absolute atomic E-state index is 12.5. The Morgan fingerprint density at radius 2 is 1.79 bits per heavy atom. The van der Waals surface area contributed by atoms with Crippen molar-refractivity contribution in [1.82, 2.24) is 4.90 Å². The Morgan fingerprint density at radius 3 is 2.39 bits per heavy atom. The third kappa shape index (κ3) is 4.82. The van der Waals surface area contributed by atoms with Crippen molar-refractivity contribution in [2.75, 3.05) is 11.9 Å². The van der Waals surface area contributed by atoms with E-state index in [1.165, 1.54) is 12.1 Å². The van der Waals surface area contributed by atoms with Crippen LogP contribution in [0.25, 0.3) is 0 Å². The van der Waals surface area contributed by atoms with Crippen LogP contribution in [-0.2, 0) is 9.59 Å². The molecule has 8 heteroatoms. The van der Waals surface area contributed by atoms with E-state index in [0.717, 1.165) is 17.7 Å². The molecule has 0 unspecified atom stereocenters. The molecule has 28 heavy (non-hydrogen) atoms. The van der Waals surface area contributed by atoms with Gasteiger partial charge < -0.3 is 15.0 Å². The predicted molar refractivity (Wildman–Crippen MR) is 96.4 cm³/mol. The van der Waals surface area contributed by atoms with Crippen LogP contribution in [0.15, 0.2) is 54.6 Å². The molecule has 0 radical (unpaired) electrons. The monoisotopic (exact) mass is 392 g/mol. The zero-order chi connectivity index (χ0) is 20.3. The summed E-state index contributed by atoms with van der Waals surface area (Å²) in [7, 11) is 0. The average molecular weight is 392 g/mol. The number of carbonyl (C=O) groups is 2. The molecular weight excluding hydrogens is 373 g/mol. The summed E-state index contributed by atoms with van der Waals surface area (Å²) in [6.07, 6.45) is -4.67. The molecule has 1 N–H and O–H groups in total. The van der Waals surface area contributed by atoms with E-state index in [2.05, 4.69) is 10.1 Å². The zero-order valence-electron chi connectivity index (χ0n) is 15.1. The van der Waals surface area contributed by atoms with Crippen molar-refractivity contribution in [2.24, 2.45) is 5.92 Å². The lowest BCUT2D eigenvalue weighted by molar-refractivity contribution is -0.274. The van der Waals surface area contributed by atoms with Gasteiger partial charge in [-0.2, -0.15) is 0 Å². The molecule has 5 nitrogen and oxygen atoms in total. The quantitative estimate of drug-likeness (QED) is 0.832. The van der Waals surface area contributed by atoms with Crippen molar-refractivity contribution in [1.29, 1.82) is 0 Å². The van der Waals surface area contributed by atoms with E-state index in [-0.39, 0.29) is 36.6 Å². The number of halogens is 3. The van der Waals surface area contributed by atoms with Crippen LogP contribution in [0.2, 0.25) is 0 Å². The van der Waals surface area contributed by atoms with E-state index in [0.29, 0.717) is 5.69 Å². The van der Waals surface area contributed by atoms with Crippen LogP contribution in [0.1, 0.15) is 24.9 Å². The van der Waals surface area contributed by atoms with Gasteiger partial charge in [0.1, 0.15) is 5.75 Å². The lowest BCUT2D eigenvalue weighted by atomic mass is 10.1. The molecule has 148 valence electrons. The summed E-state index contributed by atoms with van der Waals surface area (Å²) in [5.74, 6) is -1.35. The molecular formula is C20H19F3N2O3. The molecule has 3 rings (SSSR count). The van der Waals surface area contributed by atoms with Gasteiger partial charge in [-0.15, -0.1) is 13.2 Å². The molecule has 0 aliphatic carbocycles. The van der Waals surface area contributed by atoms with E-state index in [4.69, 9.17) is 0 Å². The fraction of sp³-hybridized carbons (Fsp3) is 0.300. The zero-order valence-corrected chi connectivity index (χ0v) is 15.1. The van der Waals surface area contributed by atoms with Crippen LogP contribution in [0.3, 0.4) is 0 Å². The van der Waals surface area contributed by atoms with Crippen molar-refractivity contribution < 1.29 is 27.5 Å². The molecule has 2 aromatic carbocycles. The molecule has 1 aliphatic rings. The number of alkyl halides is 3. The number of nitrogens with one attached hydrogen (secondary N) is 1. The summed E-state index contributed by atoms with van der Waals surface area (Å²) in [6.45, 7) is 2.20. The summed E-state index contributed by atoms with van der Waals surface area (Å²) in [6, 6.07) is 14.3. The van der Waals surface area contributed by atoms with Gasteiger partial charge in [0.25, 0.3) is 0 Å². The van der Waals surface area contributed by atoms with E-state index < -0.39 is 12.3 Å². The molecule has 0 bridgehead atoms. The van der Waals surface area contributed by atoms with Crippen molar-refractivity contribution in [3.05, 3.63) is 60.2 Å². The Morgan fingerprint density at radius 1 is 1.14 bits per heavy atom. The summed E-state index contributed by atoms with van der Waals surface area (Å²) >= 11 is 0. The molecule has 0 saturated carbocycles. The van der Waals surface area contributed by atoms with Crippen LogP contribution in [0.4, 0.5) is 18.9 Å². The number of benzene rings is 2. The van der Waals surface area contributed by atoms with Crippen molar-refractivity contribution in [3.63, 3.8) is 0 Å². The standard InChI is InChI=1S/C20H19F3N2O3/c1-13(14-5-3-2-4-6-14)25-12-15(11-18(25)26)19(27)24-16-7-9-17(10-8-16)28-20(21,22)23/h2-10,13,15H,11-12H2,1H3,(H,24,27)/t13-,15+/m0/s1. The number of hydrogen-bond acceptors (Lipinski definition) is 3. The number of rotatable bonds is 5. The third-order valence-electron chi connectivity index (χ3n) is 4.63. The van der Waals surface area contributed by atoms with Gasteiger partial charge >= 0.3 is 6.36 Å². The second-order valence-corrected chi connectivity index (χ2v) is 6.60. The predicted octanol–water partition coefficient (Wildman–Crippen LogP) is 4.13. The lowest BCUT2D eigenvalue weighted by Crippen LogP contribution is -2.30. The van der Waals surface area contributed by atoms with E-state index in [1.807, 2.05) is 37.3 Å². The SMILES string of the molecule is C[C@@H](c1ccccc1)N1C[C@H](C(=O)Nc2ccc(OC(F)(F)F)cc2)CC1=O. The summed E-state index contributed by atoms with van der Waals surface area (Å²) in [5, 5.41) is 2.64. The second kappa shape index (κ2) is 7.92. The van der Waals surface area contributed by atoms with Gasteiger partial charge in [0, 0.05) is 18.7 Å². The number of carbonyl (C=O) groups excluding carboxylic acids is 2. The Bertz CT molecular complexity index is 838. The van der Waals surface area contributed by atoms with Crippen LogP contribution < -0.4 is 10.1 Å². The van der Waals surface area contributed by atoms with Gasteiger partial charge in [-0.05, 0) is 36.8 Å². The maximum atomic E-state index is 12.5. The molecule has 0 aromatic heterocycles. The number of nitrogens with zero attached hydrogens (tertiary/aromatic N) is 1. The minimum Gasteiger partial charge on any atom is -0.406 e. The average Bonchev–Trinajstić information content (AvgIpc) is 3.04.